The molecule has 0 unspecified atom stereocenters. The first-order valence-corrected chi connectivity index (χ1v) is 9.84. The van der Waals surface area contributed by atoms with Gasteiger partial charge in [-0.25, -0.2) is 4.39 Å². The number of aromatic nitrogens is 4. The smallest absolute Gasteiger partial charge is 0.226 e. The van der Waals surface area contributed by atoms with Gasteiger partial charge in [-0.1, -0.05) is 12.1 Å². The second-order valence-corrected chi connectivity index (χ2v) is 7.56. The number of anilines is 2. The zero-order valence-electron chi connectivity index (χ0n) is 16.1. The summed E-state index contributed by atoms with van der Waals surface area (Å²) in [7, 11) is 0. The molecule has 0 radical (unpaired) electrons. The molecule has 1 amide bonds. The number of benzene rings is 1. The Morgan fingerprint density at radius 2 is 1.72 bits per heavy atom. The lowest BCUT2D eigenvalue weighted by atomic mass is 9.86. The predicted molar refractivity (Wildman–Crippen MR) is 107 cm³/mol. The second kappa shape index (κ2) is 6.95. The van der Waals surface area contributed by atoms with Crippen LogP contribution in [0.2, 0.25) is 0 Å². The molecule has 0 bridgehead atoms. The van der Waals surface area contributed by atoms with Gasteiger partial charge in [0, 0.05) is 31.0 Å². The van der Waals surface area contributed by atoms with E-state index in [1.165, 1.54) is 25.0 Å². The molecule has 7 nitrogen and oxygen atoms in total. The maximum Gasteiger partial charge on any atom is 0.226 e. The van der Waals surface area contributed by atoms with Crippen molar-refractivity contribution in [1.82, 2.24) is 20.0 Å². The van der Waals surface area contributed by atoms with Gasteiger partial charge in [0.05, 0.1) is 5.69 Å². The summed E-state index contributed by atoms with van der Waals surface area (Å²) in [6.07, 6.45) is 2.64. The number of aryl methyl sites for hydroxylation is 1. The molecule has 1 atom stereocenters. The molecule has 148 valence electrons. The zero-order valence-corrected chi connectivity index (χ0v) is 16.1. The molecule has 1 saturated heterocycles. The third kappa shape index (κ3) is 3.14. The normalized spacial score (nSPS) is 18.6. The van der Waals surface area contributed by atoms with Gasteiger partial charge in [0.2, 0.25) is 5.91 Å². The van der Waals surface area contributed by atoms with Gasteiger partial charge in [-0.15, -0.1) is 10.2 Å². The topological polar surface area (TPSA) is 75.9 Å². The third-order valence-electron chi connectivity index (χ3n) is 5.66. The summed E-state index contributed by atoms with van der Waals surface area (Å²) in [5, 5.41) is 16.3. The van der Waals surface area contributed by atoms with E-state index in [4.69, 9.17) is 0 Å². The van der Waals surface area contributed by atoms with E-state index in [-0.39, 0.29) is 17.6 Å². The summed E-state index contributed by atoms with van der Waals surface area (Å²) in [5.74, 6) is 1.44. The van der Waals surface area contributed by atoms with Crippen molar-refractivity contribution >= 4 is 17.5 Å². The van der Waals surface area contributed by atoms with Crippen LogP contribution < -0.4 is 10.2 Å². The molecule has 1 N–H and O–H groups in total. The Kier molecular flexibility index (Phi) is 4.26. The van der Waals surface area contributed by atoms with Crippen LogP contribution in [-0.2, 0) is 4.79 Å². The number of amides is 1. The Labute approximate surface area is 167 Å². The summed E-state index contributed by atoms with van der Waals surface area (Å²) in [5.41, 5.74) is 2.63. The number of carbonyl (C=O) groups is 1. The van der Waals surface area contributed by atoms with E-state index in [2.05, 4.69) is 25.5 Å². The predicted octanol–water partition coefficient (Wildman–Crippen LogP) is 3.18. The van der Waals surface area contributed by atoms with Crippen LogP contribution in [0.25, 0.3) is 5.82 Å². The summed E-state index contributed by atoms with van der Waals surface area (Å²) in [4.78, 5) is 14.6. The van der Waals surface area contributed by atoms with E-state index in [0.717, 1.165) is 35.7 Å². The van der Waals surface area contributed by atoms with Crippen molar-refractivity contribution in [1.29, 1.82) is 0 Å². The highest BCUT2D eigenvalue weighted by Crippen LogP contribution is 2.40. The first kappa shape index (κ1) is 17.8. The molecule has 2 aromatic heterocycles. The molecule has 29 heavy (non-hydrogen) atoms. The quantitative estimate of drug-likeness (QED) is 0.741. The summed E-state index contributed by atoms with van der Waals surface area (Å²) in [6, 6.07) is 10.1. The van der Waals surface area contributed by atoms with Crippen molar-refractivity contribution in [2.45, 2.75) is 32.1 Å². The molecule has 0 spiro atoms. The van der Waals surface area contributed by atoms with Crippen LogP contribution in [0, 0.1) is 12.7 Å². The average molecular weight is 392 g/mol. The maximum atomic E-state index is 13.4. The maximum absolute atomic E-state index is 13.4. The van der Waals surface area contributed by atoms with Crippen LogP contribution >= 0.6 is 0 Å². The number of nitrogens with zero attached hydrogens (tertiary/aromatic N) is 5. The molecule has 2 aliphatic rings. The Morgan fingerprint density at radius 3 is 2.41 bits per heavy atom. The van der Waals surface area contributed by atoms with Crippen molar-refractivity contribution in [2.24, 2.45) is 0 Å². The SMILES string of the molecule is Cc1nn(-c2ccc(N3CCCC3)nn2)c2c1[C@H](c1ccc(F)cc1)CC(=O)N2. The van der Waals surface area contributed by atoms with Gasteiger partial charge in [-0.05, 0) is 49.6 Å². The Morgan fingerprint density at radius 1 is 1.03 bits per heavy atom. The highest BCUT2D eigenvalue weighted by atomic mass is 19.1. The van der Waals surface area contributed by atoms with E-state index in [9.17, 15) is 9.18 Å². The van der Waals surface area contributed by atoms with Gasteiger partial charge in [-0.3, -0.25) is 4.79 Å². The van der Waals surface area contributed by atoms with Gasteiger partial charge in [0.15, 0.2) is 11.6 Å². The fourth-order valence-corrected chi connectivity index (χ4v) is 4.24. The molecule has 2 aliphatic heterocycles. The van der Waals surface area contributed by atoms with Crippen LogP contribution in [0.15, 0.2) is 36.4 Å². The molecule has 1 aromatic carbocycles. The molecule has 8 heteroatoms. The minimum absolute atomic E-state index is 0.102. The van der Waals surface area contributed by atoms with Gasteiger partial charge in [-0.2, -0.15) is 9.78 Å². The number of hydrogen-bond acceptors (Lipinski definition) is 5. The number of carbonyl (C=O) groups excluding carboxylic acids is 1. The lowest BCUT2D eigenvalue weighted by molar-refractivity contribution is -0.116. The van der Waals surface area contributed by atoms with E-state index >= 15 is 0 Å². The number of fused-ring (bicyclic) bond motifs is 1. The number of nitrogens with one attached hydrogen (secondary N) is 1. The number of halogens is 1. The Hall–Kier alpha value is -3.29. The van der Waals surface area contributed by atoms with Crippen molar-refractivity contribution in [3.05, 3.63) is 59.0 Å². The van der Waals surface area contributed by atoms with Crippen molar-refractivity contribution in [3.63, 3.8) is 0 Å². The van der Waals surface area contributed by atoms with Gasteiger partial charge in [0.25, 0.3) is 0 Å². The molecular formula is C21H21FN6O. The largest absolute Gasteiger partial charge is 0.355 e. The molecule has 5 rings (SSSR count). The van der Waals surface area contributed by atoms with E-state index in [0.29, 0.717) is 18.1 Å². The standard InChI is InChI=1S/C21H21FN6O/c1-13-20-16(14-4-6-15(22)7-5-14)12-19(29)23-21(20)28(26-13)18-9-8-17(24-25-18)27-10-2-3-11-27/h4-9,16H,2-3,10-12H2,1H3,(H,23,29)/t16-/m0/s1. The minimum Gasteiger partial charge on any atom is -0.355 e. The lowest BCUT2D eigenvalue weighted by Gasteiger charge is -2.24. The summed E-state index contributed by atoms with van der Waals surface area (Å²) < 4.78 is 15.0. The van der Waals surface area contributed by atoms with Crippen LogP contribution in [0.4, 0.5) is 16.0 Å². The first-order valence-electron chi connectivity index (χ1n) is 9.84. The first-order chi connectivity index (χ1) is 14.1. The van der Waals surface area contributed by atoms with Crippen LogP contribution in [0.1, 0.15) is 42.0 Å². The van der Waals surface area contributed by atoms with Crippen LogP contribution in [0.3, 0.4) is 0 Å². The van der Waals surface area contributed by atoms with Crippen LogP contribution in [0.5, 0.6) is 0 Å². The Bertz CT molecular complexity index is 1050. The lowest BCUT2D eigenvalue weighted by Crippen LogP contribution is -2.25. The number of rotatable bonds is 3. The monoisotopic (exact) mass is 392 g/mol. The molecule has 4 heterocycles. The molecule has 3 aromatic rings. The van der Waals surface area contributed by atoms with Crippen molar-refractivity contribution in [2.75, 3.05) is 23.3 Å². The zero-order chi connectivity index (χ0) is 20.0. The van der Waals surface area contributed by atoms with Crippen LogP contribution in [-0.4, -0.2) is 39.0 Å². The molecule has 1 fully saturated rings. The highest BCUT2D eigenvalue weighted by Gasteiger charge is 2.33. The van der Waals surface area contributed by atoms with E-state index in [1.54, 1.807) is 16.8 Å². The minimum atomic E-state index is -0.296. The Balaban J connectivity index is 1.54. The number of hydrogen-bond donors (Lipinski definition) is 1. The van der Waals surface area contributed by atoms with Gasteiger partial charge >= 0.3 is 0 Å². The third-order valence-corrected chi connectivity index (χ3v) is 5.66. The van der Waals surface area contributed by atoms with Gasteiger partial charge in [0.1, 0.15) is 11.6 Å². The van der Waals surface area contributed by atoms with Gasteiger partial charge < -0.3 is 10.2 Å². The molecular weight excluding hydrogens is 371 g/mol. The highest BCUT2D eigenvalue weighted by molar-refractivity contribution is 5.95. The van der Waals surface area contributed by atoms with E-state index < -0.39 is 0 Å². The second-order valence-electron chi connectivity index (χ2n) is 7.56. The summed E-state index contributed by atoms with van der Waals surface area (Å²) in [6.45, 7) is 3.91. The fraction of sp³-hybridized carbons (Fsp3) is 0.333. The van der Waals surface area contributed by atoms with Crippen molar-refractivity contribution < 1.29 is 9.18 Å². The van der Waals surface area contributed by atoms with E-state index in [1.807, 2.05) is 19.1 Å². The molecule has 0 saturated carbocycles. The fourth-order valence-electron chi connectivity index (χ4n) is 4.24. The average Bonchev–Trinajstić information content (AvgIpc) is 3.37. The summed E-state index contributed by atoms with van der Waals surface area (Å²) >= 11 is 0. The molecule has 0 aliphatic carbocycles. The van der Waals surface area contributed by atoms with Crippen molar-refractivity contribution in [3.8, 4) is 5.82 Å².